The summed E-state index contributed by atoms with van der Waals surface area (Å²) in [5.41, 5.74) is 0.107. The van der Waals surface area contributed by atoms with Crippen LogP contribution < -0.4 is 4.74 Å². The van der Waals surface area contributed by atoms with Crippen LogP contribution in [0.1, 0.15) is 36.0 Å². The first-order valence-corrected chi connectivity index (χ1v) is 8.21. The molecule has 24 heavy (non-hydrogen) atoms. The average Bonchev–Trinajstić information content (AvgIpc) is 2.86. The largest absolute Gasteiger partial charge is 0.490 e. The van der Waals surface area contributed by atoms with Gasteiger partial charge in [-0.25, -0.2) is 4.39 Å². The molecule has 2 aromatic heterocycles. The normalized spacial score (nSPS) is 25.5. The molecule has 124 valence electrons. The van der Waals surface area contributed by atoms with E-state index in [1.54, 1.807) is 12.4 Å². The molecule has 6 heteroatoms. The minimum Gasteiger partial charge on any atom is -0.490 e. The Morgan fingerprint density at radius 3 is 2.42 bits per heavy atom. The monoisotopic (exact) mass is 327 g/mol. The molecule has 2 aliphatic heterocycles. The van der Waals surface area contributed by atoms with Crippen molar-refractivity contribution in [1.82, 2.24) is 14.9 Å². The molecule has 0 aromatic carbocycles. The SMILES string of the molecule is O=C(c1ccncc1F)N1C2CCC1CC(Oc1ccncc1)C2. The number of carbonyl (C=O) groups excluding carboxylic acids is 1. The molecule has 2 aromatic rings. The van der Waals surface area contributed by atoms with Crippen molar-refractivity contribution in [2.75, 3.05) is 0 Å². The Balaban J connectivity index is 1.49. The number of hydrogen-bond acceptors (Lipinski definition) is 4. The van der Waals surface area contributed by atoms with E-state index in [1.165, 1.54) is 12.3 Å². The van der Waals surface area contributed by atoms with Crippen molar-refractivity contribution in [2.24, 2.45) is 0 Å². The van der Waals surface area contributed by atoms with Crippen molar-refractivity contribution in [3.63, 3.8) is 0 Å². The van der Waals surface area contributed by atoms with E-state index in [4.69, 9.17) is 4.74 Å². The Labute approximate surface area is 139 Å². The van der Waals surface area contributed by atoms with E-state index < -0.39 is 5.82 Å². The number of pyridine rings is 2. The minimum atomic E-state index is -0.558. The number of ether oxygens (including phenoxy) is 1. The third-order valence-electron chi connectivity index (χ3n) is 4.88. The lowest BCUT2D eigenvalue weighted by molar-refractivity contribution is 0.0355. The molecule has 2 aliphatic rings. The lowest BCUT2D eigenvalue weighted by atomic mass is 9.98. The second-order valence-corrected chi connectivity index (χ2v) is 6.35. The molecule has 4 heterocycles. The van der Waals surface area contributed by atoms with Gasteiger partial charge in [0, 0.05) is 43.5 Å². The first-order valence-electron chi connectivity index (χ1n) is 8.21. The van der Waals surface area contributed by atoms with Crippen LogP contribution in [0.15, 0.2) is 43.0 Å². The number of rotatable bonds is 3. The first-order chi connectivity index (χ1) is 11.7. The molecule has 2 unspecified atom stereocenters. The summed E-state index contributed by atoms with van der Waals surface area (Å²) in [6, 6.07) is 5.35. The molecule has 0 saturated carbocycles. The zero-order valence-corrected chi connectivity index (χ0v) is 13.1. The highest BCUT2D eigenvalue weighted by atomic mass is 19.1. The van der Waals surface area contributed by atoms with Crippen LogP contribution in [0, 0.1) is 5.82 Å². The number of carbonyl (C=O) groups is 1. The van der Waals surface area contributed by atoms with Crippen molar-refractivity contribution in [1.29, 1.82) is 0 Å². The van der Waals surface area contributed by atoms with Gasteiger partial charge in [0.05, 0.1) is 11.8 Å². The Morgan fingerprint density at radius 1 is 1.08 bits per heavy atom. The second-order valence-electron chi connectivity index (χ2n) is 6.35. The quantitative estimate of drug-likeness (QED) is 0.870. The number of hydrogen-bond donors (Lipinski definition) is 0. The zero-order chi connectivity index (χ0) is 16.5. The fourth-order valence-corrected chi connectivity index (χ4v) is 3.85. The number of nitrogens with zero attached hydrogens (tertiary/aromatic N) is 3. The van der Waals surface area contributed by atoms with Crippen LogP contribution in [0.5, 0.6) is 5.75 Å². The van der Waals surface area contributed by atoms with Crippen molar-refractivity contribution >= 4 is 5.91 Å². The number of aromatic nitrogens is 2. The van der Waals surface area contributed by atoms with E-state index in [0.717, 1.165) is 37.6 Å². The molecular formula is C18H18FN3O2. The Morgan fingerprint density at radius 2 is 1.75 bits per heavy atom. The number of fused-ring (bicyclic) bond motifs is 2. The summed E-state index contributed by atoms with van der Waals surface area (Å²) in [6.45, 7) is 0. The van der Waals surface area contributed by atoms with Crippen molar-refractivity contribution < 1.29 is 13.9 Å². The van der Waals surface area contributed by atoms with Crippen LogP contribution in [0.4, 0.5) is 4.39 Å². The average molecular weight is 327 g/mol. The predicted octanol–water partition coefficient (Wildman–Crippen LogP) is 2.83. The minimum absolute atomic E-state index is 0.0798. The van der Waals surface area contributed by atoms with Gasteiger partial charge in [0.15, 0.2) is 5.82 Å². The molecule has 0 spiro atoms. The second kappa shape index (κ2) is 6.19. The Bertz CT molecular complexity index is 726. The summed E-state index contributed by atoms with van der Waals surface area (Å²) in [4.78, 5) is 22.3. The molecule has 2 saturated heterocycles. The van der Waals surface area contributed by atoms with Gasteiger partial charge in [-0.3, -0.25) is 14.8 Å². The van der Waals surface area contributed by atoms with Gasteiger partial charge in [-0.1, -0.05) is 0 Å². The Kier molecular flexibility index (Phi) is 3.88. The molecule has 5 nitrogen and oxygen atoms in total. The molecule has 0 radical (unpaired) electrons. The standard InChI is InChI=1S/C18H18FN3O2/c19-17-11-21-8-5-16(17)18(23)22-12-1-2-13(22)10-15(9-12)24-14-3-6-20-7-4-14/h3-8,11-13,15H,1-2,9-10H2. The number of halogens is 1. The highest BCUT2D eigenvalue weighted by Crippen LogP contribution is 2.38. The van der Waals surface area contributed by atoms with Gasteiger partial charge in [-0.05, 0) is 31.0 Å². The van der Waals surface area contributed by atoms with Crippen LogP contribution in [0.3, 0.4) is 0 Å². The highest BCUT2D eigenvalue weighted by molar-refractivity contribution is 5.95. The van der Waals surface area contributed by atoms with Gasteiger partial charge >= 0.3 is 0 Å². The summed E-state index contributed by atoms with van der Waals surface area (Å²) >= 11 is 0. The zero-order valence-electron chi connectivity index (χ0n) is 13.1. The van der Waals surface area contributed by atoms with Gasteiger partial charge in [0.25, 0.3) is 5.91 Å². The Hall–Kier alpha value is -2.50. The van der Waals surface area contributed by atoms with Gasteiger partial charge < -0.3 is 9.64 Å². The number of amides is 1. The van der Waals surface area contributed by atoms with E-state index >= 15 is 0 Å². The molecule has 1 amide bonds. The molecule has 2 fully saturated rings. The molecule has 4 rings (SSSR count). The van der Waals surface area contributed by atoms with Crippen LogP contribution in [-0.4, -0.2) is 39.0 Å². The van der Waals surface area contributed by atoms with E-state index in [0.29, 0.717) is 0 Å². The first kappa shape index (κ1) is 15.1. The highest BCUT2D eigenvalue weighted by Gasteiger charge is 2.44. The number of piperidine rings is 1. The smallest absolute Gasteiger partial charge is 0.257 e. The summed E-state index contributed by atoms with van der Waals surface area (Å²) in [6.07, 6.45) is 9.47. The van der Waals surface area contributed by atoms with Crippen molar-refractivity contribution in [3.05, 3.63) is 54.4 Å². The predicted molar refractivity (Wildman–Crippen MR) is 85.1 cm³/mol. The fraction of sp³-hybridized carbons (Fsp3) is 0.389. The fourth-order valence-electron chi connectivity index (χ4n) is 3.85. The summed E-state index contributed by atoms with van der Waals surface area (Å²) in [5, 5.41) is 0. The van der Waals surface area contributed by atoms with Crippen LogP contribution in [0.25, 0.3) is 0 Å². The van der Waals surface area contributed by atoms with E-state index in [9.17, 15) is 9.18 Å². The lowest BCUT2D eigenvalue weighted by Crippen LogP contribution is -2.49. The maximum atomic E-state index is 13.9. The van der Waals surface area contributed by atoms with Crippen molar-refractivity contribution in [3.8, 4) is 5.75 Å². The van der Waals surface area contributed by atoms with Crippen LogP contribution in [-0.2, 0) is 0 Å². The van der Waals surface area contributed by atoms with E-state index in [-0.39, 0.29) is 29.7 Å². The third kappa shape index (κ3) is 2.72. The van der Waals surface area contributed by atoms with Crippen LogP contribution in [0.2, 0.25) is 0 Å². The lowest BCUT2D eigenvalue weighted by Gasteiger charge is -2.39. The third-order valence-corrected chi connectivity index (χ3v) is 4.88. The van der Waals surface area contributed by atoms with E-state index in [2.05, 4.69) is 9.97 Å². The van der Waals surface area contributed by atoms with Crippen LogP contribution >= 0.6 is 0 Å². The molecular weight excluding hydrogens is 309 g/mol. The van der Waals surface area contributed by atoms with Gasteiger partial charge in [-0.15, -0.1) is 0 Å². The summed E-state index contributed by atoms with van der Waals surface area (Å²) < 4.78 is 19.9. The molecule has 0 N–H and O–H groups in total. The summed E-state index contributed by atoms with van der Waals surface area (Å²) in [5.74, 6) is 0.0103. The maximum absolute atomic E-state index is 13.9. The molecule has 2 bridgehead atoms. The van der Waals surface area contributed by atoms with E-state index in [1.807, 2.05) is 17.0 Å². The topological polar surface area (TPSA) is 55.3 Å². The maximum Gasteiger partial charge on any atom is 0.257 e. The van der Waals surface area contributed by atoms with Gasteiger partial charge in [0.1, 0.15) is 11.9 Å². The molecule has 0 aliphatic carbocycles. The molecule has 2 atom stereocenters. The van der Waals surface area contributed by atoms with Gasteiger partial charge in [-0.2, -0.15) is 0 Å². The summed E-state index contributed by atoms with van der Waals surface area (Å²) in [7, 11) is 0. The van der Waals surface area contributed by atoms with Gasteiger partial charge in [0.2, 0.25) is 0 Å². The van der Waals surface area contributed by atoms with Crippen molar-refractivity contribution in [2.45, 2.75) is 43.9 Å².